The molecule has 0 unspecified atom stereocenters. The van der Waals surface area contributed by atoms with Crippen molar-refractivity contribution >= 4 is 0 Å². The van der Waals surface area contributed by atoms with Crippen molar-refractivity contribution in [2.45, 2.75) is 20.5 Å². The van der Waals surface area contributed by atoms with Crippen LogP contribution in [0, 0.1) is 5.92 Å². The largest absolute Gasteiger partial charge is 0.380 e. The van der Waals surface area contributed by atoms with Crippen LogP contribution in [0.5, 0.6) is 0 Å². The maximum absolute atomic E-state index is 5.40. The number of rotatable bonds is 8. The van der Waals surface area contributed by atoms with Gasteiger partial charge in [0.15, 0.2) is 0 Å². The molecule has 0 bridgehead atoms. The molecule has 0 radical (unpaired) electrons. The Morgan fingerprint density at radius 3 is 2.62 bits per heavy atom. The minimum atomic E-state index is 0.588. The Hall–Kier alpha value is -0.900. The number of nitrogens with one attached hydrogen (secondary N) is 1. The van der Waals surface area contributed by atoms with Gasteiger partial charge >= 0.3 is 0 Å². The standard InChI is InChI=1S/C13H21NO2/c1-12(2)10-15-9-8-14-16-11-13-6-4-3-5-7-13/h3-7,12,14H,8-11H2,1-2H3. The van der Waals surface area contributed by atoms with Gasteiger partial charge in [0.25, 0.3) is 0 Å². The van der Waals surface area contributed by atoms with Gasteiger partial charge < -0.3 is 4.74 Å². The third kappa shape index (κ3) is 6.56. The molecule has 1 rings (SSSR count). The molecule has 1 N–H and O–H groups in total. The average molecular weight is 223 g/mol. The van der Waals surface area contributed by atoms with E-state index in [0.29, 0.717) is 19.1 Å². The Morgan fingerprint density at radius 2 is 1.94 bits per heavy atom. The van der Waals surface area contributed by atoms with Gasteiger partial charge in [0.05, 0.1) is 13.2 Å². The first kappa shape index (κ1) is 13.2. The Morgan fingerprint density at radius 1 is 1.19 bits per heavy atom. The van der Waals surface area contributed by atoms with E-state index in [2.05, 4.69) is 19.3 Å². The van der Waals surface area contributed by atoms with Crippen LogP contribution < -0.4 is 5.48 Å². The zero-order valence-electron chi connectivity index (χ0n) is 10.1. The van der Waals surface area contributed by atoms with E-state index in [9.17, 15) is 0 Å². The fourth-order valence-electron chi connectivity index (χ4n) is 1.21. The molecule has 0 amide bonds. The van der Waals surface area contributed by atoms with Crippen molar-refractivity contribution in [2.75, 3.05) is 19.8 Å². The van der Waals surface area contributed by atoms with Crippen molar-refractivity contribution in [1.29, 1.82) is 0 Å². The zero-order chi connectivity index (χ0) is 11.6. The summed E-state index contributed by atoms with van der Waals surface area (Å²) in [4.78, 5) is 5.30. The first-order valence-corrected chi connectivity index (χ1v) is 5.75. The van der Waals surface area contributed by atoms with Crippen molar-refractivity contribution in [2.24, 2.45) is 5.92 Å². The van der Waals surface area contributed by atoms with Gasteiger partial charge in [0, 0.05) is 13.2 Å². The van der Waals surface area contributed by atoms with Gasteiger partial charge in [-0.25, -0.2) is 0 Å². The van der Waals surface area contributed by atoms with Gasteiger partial charge in [-0.2, -0.15) is 5.48 Å². The molecule has 0 aliphatic heterocycles. The van der Waals surface area contributed by atoms with E-state index in [1.54, 1.807) is 0 Å². The second-order valence-electron chi connectivity index (χ2n) is 4.14. The van der Waals surface area contributed by atoms with Crippen LogP contribution in [-0.2, 0) is 16.2 Å². The number of hydrogen-bond acceptors (Lipinski definition) is 3. The summed E-state index contributed by atoms with van der Waals surface area (Å²) in [6, 6.07) is 10.1. The van der Waals surface area contributed by atoms with Crippen LogP contribution in [0.25, 0.3) is 0 Å². The summed E-state index contributed by atoms with van der Waals surface area (Å²) in [5.74, 6) is 0.588. The Kier molecular flexibility index (Phi) is 6.81. The molecule has 1 aromatic carbocycles. The second kappa shape index (κ2) is 8.28. The first-order chi connectivity index (χ1) is 7.79. The van der Waals surface area contributed by atoms with Gasteiger partial charge in [0.2, 0.25) is 0 Å². The van der Waals surface area contributed by atoms with Gasteiger partial charge in [-0.1, -0.05) is 44.2 Å². The van der Waals surface area contributed by atoms with E-state index < -0.39 is 0 Å². The quantitative estimate of drug-likeness (QED) is 0.542. The minimum Gasteiger partial charge on any atom is -0.380 e. The summed E-state index contributed by atoms with van der Waals surface area (Å²) in [5.41, 5.74) is 4.05. The maximum atomic E-state index is 5.40. The van der Waals surface area contributed by atoms with Gasteiger partial charge in [-0.15, -0.1) is 0 Å². The molecule has 0 fully saturated rings. The van der Waals surface area contributed by atoms with Crippen LogP contribution in [0.4, 0.5) is 0 Å². The molecular weight excluding hydrogens is 202 g/mol. The van der Waals surface area contributed by atoms with Crippen LogP contribution in [0.3, 0.4) is 0 Å². The van der Waals surface area contributed by atoms with Crippen LogP contribution in [0.1, 0.15) is 19.4 Å². The Bertz CT molecular complexity index is 262. The molecule has 0 saturated carbocycles. The zero-order valence-corrected chi connectivity index (χ0v) is 10.1. The molecule has 3 heteroatoms. The highest BCUT2D eigenvalue weighted by Gasteiger charge is 1.94. The highest BCUT2D eigenvalue weighted by Crippen LogP contribution is 1.98. The molecule has 1 aromatic rings. The fraction of sp³-hybridized carbons (Fsp3) is 0.538. The summed E-state index contributed by atoms with van der Waals surface area (Å²) in [5, 5.41) is 0. The Labute approximate surface area is 97.7 Å². The van der Waals surface area contributed by atoms with Crippen LogP contribution in [0.2, 0.25) is 0 Å². The highest BCUT2D eigenvalue weighted by atomic mass is 16.6. The average Bonchev–Trinajstić information content (AvgIpc) is 2.29. The molecule has 0 aliphatic carbocycles. The lowest BCUT2D eigenvalue weighted by atomic mass is 10.2. The molecule has 0 saturated heterocycles. The fourth-order valence-corrected chi connectivity index (χ4v) is 1.21. The van der Waals surface area contributed by atoms with Crippen molar-refractivity contribution in [1.82, 2.24) is 5.48 Å². The van der Waals surface area contributed by atoms with Gasteiger partial charge in [0.1, 0.15) is 0 Å². The maximum Gasteiger partial charge on any atom is 0.0933 e. The summed E-state index contributed by atoms with van der Waals surface area (Å²) in [6.45, 7) is 7.08. The van der Waals surface area contributed by atoms with Crippen molar-refractivity contribution in [3.8, 4) is 0 Å². The third-order valence-corrected chi connectivity index (χ3v) is 1.98. The lowest BCUT2D eigenvalue weighted by molar-refractivity contribution is 0.00665. The molecule has 3 nitrogen and oxygen atoms in total. The van der Waals surface area contributed by atoms with E-state index in [1.807, 2.05) is 30.3 Å². The van der Waals surface area contributed by atoms with E-state index in [-0.39, 0.29) is 0 Å². The van der Waals surface area contributed by atoms with Crippen LogP contribution in [-0.4, -0.2) is 19.8 Å². The highest BCUT2D eigenvalue weighted by molar-refractivity contribution is 5.13. The van der Waals surface area contributed by atoms with Crippen molar-refractivity contribution in [3.05, 3.63) is 35.9 Å². The summed E-state index contributed by atoms with van der Waals surface area (Å²) in [7, 11) is 0. The Balaban J connectivity index is 1.93. The minimum absolute atomic E-state index is 0.588. The van der Waals surface area contributed by atoms with E-state index in [1.165, 1.54) is 0 Å². The third-order valence-electron chi connectivity index (χ3n) is 1.98. The molecule has 0 aliphatic rings. The van der Waals surface area contributed by atoms with E-state index in [4.69, 9.17) is 9.57 Å². The molecule has 0 heterocycles. The first-order valence-electron chi connectivity index (χ1n) is 5.75. The van der Waals surface area contributed by atoms with Gasteiger partial charge in [-0.3, -0.25) is 4.84 Å². The monoisotopic (exact) mass is 223 g/mol. The number of hydroxylamine groups is 1. The van der Waals surface area contributed by atoms with Crippen LogP contribution >= 0.6 is 0 Å². The number of benzene rings is 1. The molecule has 16 heavy (non-hydrogen) atoms. The van der Waals surface area contributed by atoms with Crippen molar-refractivity contribution < 1.29 is 9.57 Å². The lowest BCUT2D eigenvalue weighted by Gasteiger charge is -2.08. The number of hydrogen-bond donors (Lipinski definition) is 1. The lowest BCUT2D eigenvalue weighted by Crippen LogP contribution is -2.20. The van der Waals surface area contributed by atoms with Crippen molar-refractivity contribution in [3.63, 3.8) is 0 Å². The summed E-state index contributed by atoms with van der Waals surface area (Å²) in [6.07, 6.45) is 0. The SMILES string of the molecule is CC(C)COCCNOCc1ccccc1. The number of ether oxygens (including phenoxy) is 1. The molecule has 0 spiro atoms. The predicted octanol–water partition coefficient (Wildman–Crippen LogP) is 2.38. The van der Waals surface area contributed by atoms with E-state index in [0.717, 1.165) is 18.7 Å². The summed E-state index contributed by atoms with van der Waals surface area (Å²) < 4.78 is 5.40. The molecule has 0 aromatic heterocycles. The van der Waals surface area contributed by atoms with E-state index >= 15 is 0 Å². The molecule has 0 atom stereocenters. The summed E-state index contributed by atoms with van der Waals surface area (Å²) >= 11 is 0. The topological polar surface area (TPSA) is 30.5 Å². The second-order valence-corrected chi connectivity index (χ2v) is 4.14. The smallest absolute Gasteiger partial charge is 0.0933 e. The van der Waals surface area contributed by atoms with Crippen LogP contribution in [0.15, 0.2) is 30.3 Å². The molecule has 90 valence electrons. The molecular formula is C13H21NO2. The predicted molar refractivity (Wildman–Crippen MR) is 64.9 cm³/mol. The normalized spacial score (nSPS) is 10.9. The van der Waals surface area contributed by atoms with Gasteiger partial charge in [-0.05, 0) is 11.5 Å².